The molecule has 0 saturated carbocycles. The van der Waals surface area contributed by atoms with Crippen molar-refractivity contribution in [2.24, 2.45) is 0 Å². The van der Waals surface area contributed by atoms with E-state index in [-0.39, 0.29) is 11.8 Å². The van der Waals surface area contributed by atoms with Gasteiger partial charge in [-0.2, -0.15) is 0 Å². The Hall–Kier alpha value is -2.74. The van der Waals surface area contributed by atoms with Crippen LogP contribution in [0.4, 0.5) is 30.2 Å². The van der Waals surface area contributed by atoms with Gasteiger partial charge in [-0.15, -0.1) is 0 Å². The van der Waals surface area contributed by atoms with Crippen molar-refractivity contribution in [3.63, 3.8) is 0 Å². The molecule has 5 nitrogen and oxygen atoms in total. The predicted molar refractivity (Wildman–Crippen MR) is 175 cm³/mol. The summed E-state index contributed by atoms with van der Waals surface area (Å²) in [5, 5.41) is 1.93. The number of nitrogens with one attached hydrogen (secondary N) is 1. The molecule has 0 unspecified atom stereocenters. The summed E-state index contributed by atoms with van der Waals surface area (Å²) in [4.78, 5) is 16.1. The molecule has 3 aromatic rings. The molecule has 3 aromatic carbocycles. The minimum absolute atomic E-state index is 0.0428. The Labute approximate surface area is 267 Å². The fourth-order valence-corrected chi connectivity index (χ4v) is 11.8. The molecule has 0 spiro atoms. The van der Waals surface area contributed by atoms with Gasteiger partial charge in [-0.3, -0.25) is 0 Å². The summed E-state index contributed by atoms with van der Waals surface area (Å²) < 4.78 is 47.7. The Morgan fingerprint density at radius 3 is 1.73 bits per heavy atom. The van der Waals surface area contributed by atoms with Gasteiger partial charge < -0.3 is 0 Å². The van der Waals surface area contributed by atoms with Crippen LogP contribution in [0, 0.1) is 41.5 Å². The summed E-state index contributed by atoms with van der Waals surface area (Å²) in [6, 6.07) is 12.8. The topological polar surface area (TPSA) is 44.8 Å². The van der Waals surface area contributed by atoms with Crippen LogP contribution in [0.3, 0.4) is 0 Å². The molecule has 1 aliphatic rings. The number of ether oxygens (including phenoxy) is 1. The Kier molecular flexibility index (Phi) is 10.0. The van der Waals surface area contributed by atoms with Crippen molar-refractivity contribution in [3.05, 3.63) is 81.4 Å². The third kappa shape index (κ3) is 7.38. The number of benzene rings is 3. The molecule has 240 valence electrons. The van der Waals surface area contributed by atoms with E-state index < -0.39 is 24.0 Å². The Bertz CT molecular complexity index is 1620. The number of aryl methyl sites for hydroxylation is 6. The molecule has 1 N–H and O–H groups in total. The minimum atomic E-state index is -5.04. The van der Waals surface area contributed by atoms with Crippen LogP contribution in [0.1, 0.15) is 52.8 Å². The van der Waals surface area contributed by atoms with Crippen molar-refractivity contribution < 1.29 is 34.6 Å². The fourth-order valence-electron chi connectivity index (χ4n) is 5.83. The van der Waals surface area contributed by atoms with Crippen molar-refractivity contribution in [2.75, 3.05) is 28.2 Å². The van der Waals surface area contributed by atoms with Crippen LogP contribution in [0.25, 0.3) is 0 Å². The maximum atomic E-state index is 13.1. The van der Waals surface area contributed by atoms with Gasteiger partial charge in [0.05, 0.1) is 0 Å². The average Bonchev–Trinajstić information content (AvgIpc) is 3.28. The SMILES string of the molecule is Cc1cc(C)c(N2CCN(c3c(C)cc(C)cc3C)[C]2=[Ru]([Cl])([Cl])=[CH]c2cc(NC(=O)C(F)(F)F)ccc2OC(C)C)c(C)c1. The molecule has 0 atom stereocenters. The third-order valence-corrected chi connectivity index (χ3v) is 12.6. The van der Waals surface area contributed by atoms with E-state index in [1.807, 2.05) is 19.2 Å². The molecule has 0 bridgehead atoms. The van der Waals surface area contributed by atoms with Crippen LogP contribution in [-0.4, -0.2) is 40.2 Å². The zero-order valence-electron chi connectivity index (χ0n) is 26.1. The van der Waals surface area contributed by atoms with E-state index >= 15 is 0 Å². The number of alkyl halides is 3. The Morgan fingerprint density at radius 2 is 1.32 bits per heavy atom. The average molecular weight is 738 g/mol. The number of carbonyl (C=O) groups is 1. The molecular weight excluding hydrogens is 699 g/mol. The maximum absolute atomic E-state index is 13.1. The Morgan fingerprint density at radius 1 is 0.864 bits per heavy atom. The molecule has 44 heavy (non-hydrogen) atoms. The first-order valence-electron chi connectivity index (χ1n) is 14.1. The second kappa shape index (κ2) is 12.9. The second-order valence-electron chi connectivity index (χ2n) is 11.5. The van der Waals surface area contributed by atoms with Crippen molar-refractivity contribution in [3.8, 4) is 5.75 Å². The zero-order valence-corrected chi connectivity index (χ0v) is 29.3. The summed E-state index contributed by atoms with van der Waals surface area (Å²) in [6.45, 7) is 17.4. The first-order chi connectivity index (χ1) is 20.4. The van der Waals surface area contributed by atoms with Gasteiger partial charge in [0, 0.05) is 0 Å². The predicted octanol–water partition coefficient (Wildman–Crippen LogP) is 8.55. The van der Waals surface area contributed by atoms with Gasteiger partial charge in [-0.05, 0) is 0 Å². The number of amides is 1. The molecule has 1 aliphatic heterocycles. The van der Waals surface area contributed by atoms with E-state index in [1.54, 1.807) is 4.61 Å². The number of carbonyl (C=O) groups excluding carboxylic acids is 1. The summed E-state index contributed by atoms with van der Waals surface area (Å²) in [6.07, 6.45) is -5.27. The first-order valence-corrected chi connectivity index (χ1v) is 20.5. The fraction of sp³-hybridized carbons (Fsp3) is 0.364. The molecule has 0 aliphatic carbocycles. The summed E-state index contributed by atoms with van der Waals surface area (Å²) in [5.41, 5.74) is 9.06. The van der Waals surface area contributed by atoms with Crippen LogP contribution in [0.2, 0.25) is 0 Å². The van der Waals surface area contributed by atoms with Gasteiger partial charge in [0.2, 0.25) is 0 Å². The van der Waals surface area contributed by atoms with Crippen LogP contribution in [0.5, 0.6) is 5.75 Å². The van der Waals surface area contributed by atoms with E-state index in [1.165, 1.54) is 18.2 Å². The number of hydrogen-bond donors (Lipinski definition) is 1. The number of nitrogens with zero attached hydrogens (tertiary/aromatic N) is 2. The molecule has 1 saturated heterocycles. The van der Waals surface area contributed by atoms with Gasteiger partial charge in [0.1, 0.15) is 0 Å². The van der Waals surface area contributed by atoms with E-state index in [9.17, 15) is 18.0 Å². The molecule has 1 fully saturated rings. The van der Waals surface area contributed by atoms with Crippen molar-refractivity contribution in [1.82, 2.24) is 0 Å². The monoisotopic (exact) mass is 737 g/mol. The summed E-state index contributed by atoms with van der Waals surface area (Å²) in [7, 11) is 15.0. The van der Waals surface area contributed by atoms with Gasteiger partial charge in [-0.1, -0.05) is 0 Å². The standard InChI is InChI=1S/C21H26N2.C12H12F3NO2.2ClH.Ru/c1-14-9-16(3)20(17(4)10-14)22-7-8-23(13-22)21-18(5)11-15(2)12-19(21)6;1-7(2)18-10-5-4-9(6-8(10)3)16-11(17)12(13,14)15;;;/h9-12H,7-8H2,1-6H3;3-7H,1-2H3,(H,16,17);2*1H;/q;;;;+2/p-2. The molecule has 0 aromatic heterocycles. The van der Waals surface area contributed by atoms with Gasteiger partial charge in [0.25, 0.3) is 0 Å². The Balaban J connectivity index is 2.04. The molecular formula is C33H38Cl2F3N3O2Ru. The van der Waals surface area contributed by atoms with Gasteiger partial charge in [0.15, 0.2) is 0 Å². The summed E-state index contributed by atoms with van der Waals surface area (Å²) in [5.74, 6) is -1.67. The van der Waals surface area contributed by atoms with Crippen molar-refractivity contribution >= 4 is 51.3 Å². The quantitative estimate of drug-likeness (QED) is 0.258. The molecule has 1 amide bonds. The number of hydrogen-bond acceptors (Lipinski definition) is 4. The number of rotatable bonds is 6. The normalized spacial score (nSPS) is 14.4. The van der Waals surface area contributed by atoms with Crippen molar-refractivity contribution in [2.45, 2.75) is 67.7 Å². The van der Waals surface area contributed by atoms with Crippen LogP contribution >= 0.6 is 19.4 Å². The first kappa shape index (κ1) is 34.1. The van der Waals surface area contributed by atoms with E-state index in [0.29, 0.717) is 24.4 Å². The van der Waals surface area contributed by atoms with Crippen LogP contribution in [-0.2, 0) is 16.7 Å². The number of halogens is 5. The van der Waals surface area contributed by atoms with Crippen LogP contribution in [0.15, 0.2) is 42.5 Å². The third-order valence-electron chi connectivity index (χ3n) is 7.13. The molecule has 11 heteroatoms. The molecule has 0 radical (unpaired) electrons. The van der Waals surface area contributed by atoms with Gasteiger partial charge in [-0.25, -0.2) is 0 Å². The molecule has 1 heterocycles. The van der Waals surface area contributed by atoms with E-state index in [0.717, 1.165) is 49.1 Å². The second-order valence-corrected chi connectivity index (χ2v) is 20.7. The zero-order chi connectivity index (χ0) is 32.7. The number of anilines is 3. The van der Waals surface area contributed by atoms with Gasteiger partial charge >= 0.3 is 269 Å². The molecule has 4 rings (SSSR count). The van der Waals surface area contributed by atoms with E-state index in [4.69, 9.17) is 24.1 Å². The van der Waals surface area contributed by atoms with Crippen molar-refractivity contribution in [1.29, 1.82) is 0 Å². The van der Waals surface area contributed by atoms with E-state index in [2.05, 4.69) is 75.6 Å². The summed E-state index contributed by atoms with van der Waals surface area (Å²) >= 11 is -4.07. The van der Waals surface area contributed by atoms with Crippen LogP contribution < -0.4 is 19.9 Å².